The fourth-order valence-electron chi connectivity index (χ4n) is 4.00. The van der Waals surface area contributed by atoms with E-state index in [1.807, 2.05) is 17.9 Å². The molecular weight excluding hydrogens is 338 g/mol. The summed E-state index contributed by atoms with van der Waals surface area (Å²) in [5.74, 6) is 0.0175. The van der Waals surface area contributed by atoms with E-state index in [4.69, 9.17) is 4.74 Å². The van der Waals surface area contributed by atoms with E-state index in [1.165, 1.54) is 19.5 Å². The first-order valence-electron chi connectivity index (χ1n) is 8.93. The molecule has 0 aliphatic carbocycles. The minimum absolute atomic E-state index is 0.259. The van der Waals surface area contributed by atoms with Crippen LogP contribution in [0.3, 0.4) is 0 Å². The Morgan fingerprint density at radius 2 is 1.96 bits per heavy atom. The van der Waals surface area contributed by atoms with Crippen molar-refractivity contribution in [1.82, 2.24) is 14.9 Å². The molecule has 7 heteroatoms. The highest BCUT2D eigenvalue weighted by molar-refractivity contribution is 5.43. The Hall–Kier alpha value is -2.28. The first-order valence-corrected chi connectivity index (χ1v) is 8.93. The van der Waals surface area contributed by atoms with Crippen molar-refractivity contribution >= 4 is 5.82 Å². The van der Waals surface area contributed by atoms with Crippen LogP contribution in [0.15, 0.2) is 24.5 Å². The number of anilines is 1. The van der Waals surface area contributed by atoms with Crippen LogP contribution >= 0.6 is 0 Å². The molecule has 1 aromatic carbocycles. The van der Waals surface area contributed by atoms with Gasteiger partial charge in [0.2, 0.25) is 0 Å². The maximum absolute atomic E-state index is 14.5. The Kier molecular flexibility index (Phi) is 4.48. The molecule has 4 heterocycles. The molecule has 0 N–H and O–H groups in total. The molecule has 2 unspecified atom stereocenters. The predicted octanol–water partition coefficient (Wildman–Crippen LogP) is 2.79. The van der Waals surface area contributed by atoms with Crippen LogP contribution < -0.4 is 9.64 Å². The van der Waals surface area contributed by atoms with Gasteiger partial charge in [-0.2, -0.15) is 0 Å². The van der Waals surface area contributed by atoms with E-state index in [-0.39, 0.29) is 17.4 Å². The molecule has 0 amide bonds. The molecule has 0 radical (unpaired) electrons. The van der Waals surface area contributed by atoms with Crippen LogP contribution in [-0.2, 0) is 13.0 Å². The van der Waals surface area contributed by atoms with E-state index >= 15 is 0 Å². The van der Waals surface area contributed by atoms with E-state index in [0.29, 0.717) is 36.6 Å². The van der Waals surface area contributed by atoms with Crippen molar-refractivity contribution in [2.24, 2.45) is 0 Å². The Labute approximate surface area is 151 Å². The molecule has 2 bridgehead atoms. The fourth-order valence-corrected chi connectivity index (χ4v) is 4.00. The van der Waals surface area contributed by atoms with Crippen molar-refractivity contribution < 1.29 is 13.5 Å². The second kappa shape index (κ2) is 6.79. The van der Waals surface area contributed by atoms with E-state index in [2.05, 4.69) is 14.9 Å². The Bertz CT molecular complexity index is 804. The number of benzene rings is 1. The number of hydrogen-bond acceptors (Lipinski definition) is 5. The lowest BCUT2D eigenvalue weighted by Gasteiger charge is -2.56. The van der Waals surface area contributed by atoms with Gasteiger partial charge in [-0.25, -0.2) is 18.7 Å². The quantitative estimate of drug-likeness (QED) is 0.820. The topological polar surface area (TPSA) is 41.5 Å². The second-order valence-corrected chi connectivity index (χ2v) is 6.90. The highest BCUT2D eigenvalue weighted by Gasteiger charge is 2.45. The number of ether oxygens (including phenoxy) is 1. The van der Waals surface area contributed by atoms with E-state index in [1.54, 1.807) is 6.07 Å². The van der Waals surface area contributed by atoms with Gasteiger partial charge in [0.05, 0.1) is 12.8 Å². The number of aromatic nitrogens is 2. The van der Waals surface area contributed by atoms with Gasteiger partial charge in [0, 0.05) is 31.7 Å². The number of aryl methyl sites for hydroxylation is 1. The average Bonchev–Trinajstić information content (AvgIpc) is 2.66. The number of hydrogen-bond donors (Lipinski definition) is 0. The normalized spacial score (nSPS) is 22.2. The summed E-state index contributed by atoms with van der Waals surface area (Å²) in [5.41, 5.74) is 1.38. The molecular formula is C19H22F2N4O. The number of methoxy groups -OCH3 is 1. The van der Waals surface area contributed by atoms with Crippen molar-refractivity contribution in [3.63, 3.8) is 0 Å². The lowest BCUT2D eigenvalue weighted by atomic mass is 9.86. The predicted molar refractivity (Wildman–Crippen MR) is 94.3 cm³/mol. The van der Waals surface area contributed by atoms with Gasteiger partial charge in [0.25, 0.3) is 0 Å². The molecule has 3 saturated heterocycles. The molecule has 0 saturated carbocycles. The monoisotopic (exact) mass is 360 g/mol. The van der Waals surface area contributed by atoms with Crippen molar-refractivity contribution in [3.8, 4) is 5.75 Å². The highest BCUT2D eigenvalue weighted by atomic mass is 19.1. The number of piperazine rings is 1. The first kappa shape index (κ1) is 17.1. The summed E-state index contributed by atoms with van der Waals surface area (Å²) in [6.07, 6.45) is 3.08. The Morgan fingerprint density at radius 3 is 2.62 bits per heavy atom. The van der Waals surface area contributed by atoms with E-state index in [0.717, 1.165) is 25.1 Å². The summed E-state index contributed by atoms with van der Waals surface area (Å²) >= 11 is 0. The van der Waals surface area contributed by atoms with Crippen LogP contribution in [0, 0.1) is 11.6 Å². The van der Waals surface area contributed by atoms with Gasteiger partial charge in [-0.3, -0.25) is 4.90 Å². The second-order valence-electron chi connectivity index (χ2n) is 6.90. The zero-order valence-corrected chi connectivity index (χ0v) is 15.0. The van der Waals surface area contributed by atoms with Crippen molar-refractivity contribution in [2.45, 2.75) is 38.4 Å². The van der Waals surface area contributed by atoms with Crippen molar-refractivity contribution in [1.29, 1.82) is 0 Å². The molecule has 5 nitrogen and oxygen atoms in total. The van der Waals surface area contributed by atoms with Gasteiger partial charge in [-0.15, -0.1) is 0 Å². The van der Waals surface area contributed by atoms with Crippen molar-refractivity contribution in [3.05, 3.63) is 47.4 Å². The molecule has 3 fully saturated rings. The minimum Gasteiger partial charge on any atom is -0.494 e. The van der Waals surface area contributed by atoms with Crippen molar-refractivity contribution in [2.75, 3.05) is 25.1 Å². The van der Waals surface area contributed by atoms with Crippen LogP contribution in [0.2, 0.25) is 0 Å². The third kappa shape index (κ3) is 2.90. The molecule has 1 aromatic heterocycles. The zero-order chi connectivity index (χ0) is 18.3. The molecule has 2 atom stereocenters. The van der Waals surface area contributed by atoms with Gasteiger partial charge in [0.1, 0.15) is 6.33 Å². The number of nitrogens with zero attached hydrogens (tertiary/aromatic N) is 4. The number of halogens is 2. The number of rotatable bonds is 5. The van der Waals surface area contributed by atoms with Gasteiger partial charge in [-0.05, 0) is 30.5 Å². The molecule has 3 aliphatic heterocycles. The number of fused-ring (bicyclic) bond motifs is 2. The van der Waals surface area contributed by atoms with Gasteiger partial charge >= 0.3 is 0 Å². The highest BCUT2D eigenvalue weighted by Crippen LogP contribution is 2.36. The van der Waals surface area contributed by atoms with Crippen LogP contribution in [0.4, 0.5) is 14.6 Å². The summed E-state index contributed by atoms with van der Waals surface area (Å²) in [6.45, 7) is 4.04. The SMILES string of the molecule is CCc1ncnc(N2CC3CC(C2)N3Cc2ccc(OC)c(F)c2)c1F. The first-order chi connectivity index (χ1) is 12.6. The molecule has 0 spiro atoms. The molecule has 3 aliphatic rings. The summed E-state index contributed by atoms with van der Waals surface area (Å²) in [4.78, 5) is 12.5. The van der Waals surface area contributed by atoms with Gasteiger partial charge in [0.15, 0.2) is 23.2 Å². The maximum atomic E-state index is 14.5. The van der Waals surface area contributed by atoms with Crippen LogP contribution in [0.5, 0.6) is 5.75 Å². The van der Waals surface area contributed by atoms with Gasteiger partial charge in [-0.1, -0.05) is 13.0 Å². The lowest BCUT2D eigenvalue weighted by Crippen LogP contribution is -2.68. The van der Waals surface area contributed by atoms with Crippen LogP contribution in [-0.4, -0.2) is 47.2 Å². The van der Waals surface area contributed by atoms with E-state index < -0.39 is 0 Å². The summed E-state index contributed by atoms with van der Waals surface area (Å²) in [7, 11) is 1.46. The maximum Gasteiger partial charge on any atom is 0.187 e. The molecule has 5 rings (SSSR count). The average molecular weight is 360 g/mol. The fraction of sp³-hybridized carbons (Fsp3) is 0.474. The Morgan fingerprint density at radius 1 is 1.19 bits per heavy atom. The number of piperidine rings is 1. The summed E-state index contributed by atoms with van der Waals surface area (Å²) in [6, 6.07) is 5.75. The largest absolute Gasteiger partial charge is 0.494 e. The Balaban J connectivity index is 1.45. The summed E-state index contributed by atoms with van der Waals surface area (Å²) in [5, 5.41) is 0. The molecule has 138 valence electrons. The molecule has 2 aromatic rings. The van der Waals surface area contributed by atoms with Crippen LogP contribution in [0.25, 0.3) is 0 Å². The summed E-state index contributed by atoms with van der Waals surface area (Å²) < 4.78 is 33.4. The third-order valence-corrected chi connectivity index (χ3v) is 5.40. The zero-order valence-electron chi connectivity index (χ0n) is 15.0. The van der Waals surface area contributed by atoms with Gasteiger partial charge < -0.3 is 9.64 Å². The smallest absolute Gasteiger partial charge is 0.187 e. The standard InChI is InChI=1S/C19H22F2N4O/c1-3-16-18(21)19(23-11-22-16)24-9-13-7-14(10-24)25(13)8-12-4-5-17(26-2)15(20)6-12/h4-6,11,13-14H,3,7-10H2,1-2H3. The molecule has 26 heavy (non-hydrogen) atoms. The third-order valence-electron chi connectivity index (χ3n) is 5.40. The van der Waals surface area contributed by atoms with E-state index in [9.17, 15) is 8.78 Å². The minimum atomic E-state index is -0.340. The van der Waals surface area contributed by atoms with Crippen LogP contribution in [0.1, 0.15) is 24.6 Å². The lowest BCUT2D eigenvalue weighted by molar-refractivity contribution is -0.00899.